The zero-order chi connectivity index (χ0) is 15.0. The van der Waals surface area contributed by atoms with Crippen LogP contribution in [-0.4, -0.2) is 21.1 Å². The molecule has 1 unspecified atom stereocenters. The van der Waals surface area contributed by atoms with Crippen LogP contribution in [0, 0.1) is 10.1 Å². The molecule has 2 N–H and O–H groups in total. The van der Waals surface area contributed by atoms with E-state index in [-0.39, 0.29) is 6.07 Å². The van der Waals surface area contributed by atoms with E-state index in [0.717, 1.165) is 0 Å². The number of nitrogens with zero attached hydrogens (tertiary/aromatic N) is 1. The van der Waals surface area contributed by atoms with Gasteiger partial charge in [-0.1, -0.05) is 0 Å². The summed E-state index contributed by atoms with van der Waals surface area (Å²) in [5.41, 5.74) is -3.18. The van der Waals surface area contributed by atoms with Gasteiger partial charge in [0.1, 0.15) is 0 Å². The number of benzene rings is 1. The lowest BCUT2D eigenvalue weighted by atomic mass is 10.0. The maximum atomic E-state index is 12.5. The lowest BCUT2D eigenvalue weighted by Crippen LogP contribution is -2.15. The number of rotatable bonds is 3. The lowest BCUT2D eigenvalue weighted by molar-refractivity contribution is -0.386. The largest absolute Gasteiger partial charge is 0.479 e. The first-order valence-corrected chi connectivity index (χ1v) is 5.31. The van der Waals surface area contributed by atoms with Gasteiger partial charge >= 0.3 is 12.1 Å². The Balaban J connectivity index is 3.60. The van der Waals surface area contributed by atoms with E-state index in [2.05, 4.69) is 15.9 Å². The molecule has 6 nitrogen and oxygen atoms in total. The highest BCUT2D eigenvalue weighted by molar-refractivity contribution is 9.10. The number of nitro groups is 1. The van der Waals surface area contributed by atoms with Gasteiger partial charge in [0.05, 0.1) is 20.5 Å². The number of nitro benzene ring substituents is 1. The predicted octanol–water partition coefficient (Wildman–Crippen LogP) is 2.49. The highest BCUT2D eigenvalue weighted by atomic mass is 79.9. The van der Waals surface area contributed by atoms with Crippen molar-refractivity contribution in [2.45, 2.75) is 12.3 Å². The molecule has 10 heteroatoms. The van der Waals surface area contributed by atoms with E-state index in [9.17, 15) is 33.2 Å². The minimum Gasteiger partial charge on any atom is -0.479 e. The molecule has 19 heavy (non-hydrogen) atoms. The van der Waals surface area contributed by atoms with Crippen LogP contribution in [0.25, 0.3) is 0 Å². The number of carboxylic acids is 1. The molecule has 1 aromatic carbocycles. The van der Waals surface area contributed by atoms with Crippen molar-refractivity contribution >= 4 is 27.6 Å². The number of aliphatic carboxylic acids is 1. The van der Waals surface area contributed by atoms with Gasteiger partial charge in [-0.15, -0.1) is 0 Å². The van der Waals surface area contributed by atoms with Gasteiger partial charge in [-0.3, -0.25) is 10.1 Å². The van der Waals surface area contributed by atoms with Gasteiger partial charge in [0.15, 0.2) is 6.10 Å². The second kappa shape index (κ2) is 5.13. The van der Waals surface area contributed by atoms with Crippen LogP contribution in [0.1, 0.15) is 17.2 Å². The number of aliphatic hydroxyl groups excluding tert-OH is 1. The first kappa shape index (κ1) is 15.4. The summed E-state index contributed by atoms with van der Waals surface area (Å²) in [6.45, 7) is 0. The molecule has 104 valence electrons. The second-order valence-electron chi connectivity index (χ2n) is 3.39. The number of hydrogen-bond acceptors (Lipinski definition) is 4. The Bertz CT molecular complexity index is 545. The summed E-state index contributed by atoms with van der Waals surface area (Å²) in [6, 6.07) is 0.678. The Morgan fingerprint density at radius 3 is 2.32 bits per heavy atom. The standard InChI is InChI=1S/C9H5BrF3NO5/c10-5-2-3(9(11,12)13)1-4(6(5)14(18)19)7(15)8(16)17/h1-2,7,15H,(H,16,17). The third-order valence-corrected chi connectivity index (χ3v) is 2.74. The Kier molecular flexibility index (Phi) is 4.15. The van der Waals surface area contributed by atoms with Crippen LogP contribution in [0.4, 0.5) is 18.9 Å². The van der Waals surface area contributed by atoms with Crippen LogP contribution in [0.2, 0.25) is 0 Å². The van der Waals surface area contributed by atoms with Gasteiger partial charge in [-0.05, 0) is 28.1 Å². The van der Waals surface area contributed by atoms with Gasteiger partial charge < -0.3 is 10.2 Å². The van der Waals surface area contributed by atoms with Crippen LogP contribution in [0.3, 0.4) is 0 Å². The minimum absolute atomic E-state index is 0.238. The van der Waals surface area contributed by atoms with Gasteiger partial charge in [0, 0.05) is 0 Å². The number of alkyl halides is 3. The molecular formula is C9H5BrF3NO5. The summed E-state index contributed by atoms with van der Waals surface area (Å²) in [5.74, 6) is -1.89. The minimum atomic E-state index is -4.83. The molecule has 0 aliphatic heterocycles. The van der Waals surface area contributed by atoms with Crippen molar-refractivity contribution in [3.63, 3.8) is 0 Å². The molecule has 1 rings (SSSR count). The number of aliphatic hydroxyl groups is 1. The fourth-order valence-corrected chi connectivity index (χ4v) is 1.94. The van der Waals surface area contributed by atoms with Crippen molar-refractivity contribution in [1.29, 1.82) is 0 Å². The monoisotopic (exact) mass is 343 g/mol. The van der Waals surface area contributed by atoms with Crippen LogP contribution in [0.15, 0.2) is 16.6 Å². The maximum absolute atomic E-state index is 12.5. The van der Waals surface area contributed by atoms with Crippen molar-refractivity contribution in [2.24, 2.45) is 0 Å². The Morgan fingerprint density at radius 1 is 1.42 bits per heavy atom. The molecule has 0 amide bonds. The number of hydrogen-bond donors (Lipinski definition) is 2. The lowest BCUT2D eigenvalue weighted by Gasteiger charge is -2.12. The van der Waals surface area contributed by atoms with E-state index in [1.54, 1.807) is 0 Å². The second-order valence-corrected chi connectivity index (χ2v) is 4.25. The van der Waals surface area contributed by atoms with E-state index in [1.165, 1.54) is 0 Å². The van der Waals surface area contributed by atoms with Crippen LogP contribution in [0.5, 0.6) is 0 Å². The normalized spacial score (nSPS) is 13.1. The Hall–Kier alpha value is -1.68. The van der Waals surface area contributed by atoms with Crippen molar-refractivity contribution in [3.05, 3.63) is 37.8 Å². The first-order chi connectivity index (χ1) is 8.55. The summed E-state index contributed by atoms with van der Waals surface area (Å²) in [4.78, 5) is 20.2. The summed E-state index contributed by atoms with van der Waals surface area (Å²) in [7, 11) is 0. The Labute approximate surface area is 111 Å². The third-order valence-electron chi connectivity index (χ3n) is 2.13. The highest BCUT2D eigenvalue weighted by Gasteiger charge is 2.36. The molecule has 0 fully saturated rings. The summed E-state index contributed by atoms with van der Waals surface area (Å²) in [5, 5.41) is 28.5. The summed E-state index contributed by atoms with van der Waals surface area (Å²) in [6.07, 6.45) is -7.26. The van der Waals surface area contributed by atoms with Crippen molar-refractivity contribution in [2.75, 3.05) is 0 Å². The zero-order valence-electron chi connectivity index (χ0n) is 8.81. The smallest absolute Gasteiger partial charge is 0.416 e. The highest BCUT2D eigenvalue weighted by Crippen LogP contribution is 2.39. The van der Waals surface area contributed by atoms with E-state index in [4.69, 9.17) is 5.11 Å². The van der Waals surface area contributed by atoms with E-state index in [0.29, 0.717) is 6.07 Å². The first-order valence-electron chi connectivity index (χ1n) is 4.51. The van der Waals surface area contributed by atoms with Gasteiger partial charge in [0.2, 0.25) is 0 Å². The molecular weight excluding hydrogens is 339 g/mol. The summed E-state index contributed by atoms with van der Waals surface area (Å²) >= 11 is 2.56. The average Bonchev–Trinajstić information content (AvgIpc) is 2.24. The van der Waals surface area contributed by atoms with E-state index >= 15 is 0 Å². The van der Waals surface area contributed by atoms with Crippen molar-refractivity contribution in [3.8, 4) is 0 Å². The van der Waals surface area contributed by atoms with E-state index < -0.39 is 44.5 Å². The molecule has 0 spiro atoms. The fraction of sp³-hybridized carbons (Fsp3) is 0.222. The van der Waals surface area contributed by atoms with Crippen LogP contribution >= 0.6 is 15.9 Å². The SMILES string of the molecule is O=C(O)C(O)c1cc(C(F)(F)F)cc(Br)c1[N+](=O)[O-]. The van der Waals surface area contributed by atoms with Crippen LogP contribution < -0.4 is 0 Å². The van der Waals surface area contributed by atoms with Crippen molar-refractivity contribution < 1.29 is 33.1 Å². The maximum Gasteiger partial charge on any atom is 0.416 e. The number of halogens is 4. The van der Waals surface area contributed by atoms with Crippen molar-refractivity contribution in [1.82, 2.24) is 0 Å². The molecule has 0 saturated carbocycles. The molecule has 0 saturated heterocycles. The average molecular weight is 344 g/mol. The van der Waals surface area contributed by atoms with E-state index in [1.807, 2.05) is 0 Å². The fourth-order valence-electron chi connectivity index (χ4n) is 1.32. The molecule has 0 aliphatic rings. The number of carboxylic acid groups (broad SMARTS) is 1. The third kappa shape index (κ3) is 3.20. The van der Waals surface area contributed by atoms with Gasteiger partial charge in [0.25, 0.3) is 5.69 Å². The Morgan fingerprint density at radius 2 is 1.95 bits per heavy atom. The zero-order valence-corrected chi connectivity index (χ0v) is 10.4. The molecule has 1 atom stereocenters. The molecule has 0 bridgehead atoms. The molecule has 0 radical (unpaired) electrons. The predicted molar refractivity (Wildman–Crippen MR) is 58.4 cm³/mol. The summed E-state index contributed by atoms with van der Waals surface area (Å²) < 4.78 is 37.0. The molecule has 1 aromatic rings. The van der Waals surface area contributed by atoms with Gasteiger partial charge in [-0.25, -0.2) is 4.79 Å². The molecule has 0 aliphatic carbocycles. The molecule has 0 aromatic heterocycles. The molecule has 0 heterocycles. The quantitative estimate of drug-likeness (QED) is 0.648. The van der Waals surface area contributed by atoms with Gasteiger partial charge in [-0.2, -0.15) is 13.2 Å². The number of carbonyl (C=O) groups is 1. The van der Waals surface area contributed by atoms with Crippen LogP contribution in [-0.2, 0) is 11.0 Å². The topological polar surface area (TPSA) is 101 Å².